The van der Waals surface area contributed by atoms with Gasteiger partial charge in [0.2, 0.25) is 11.7 Å². The van der Waals surface area contributed by atoms with Gasteiger partial charge in [0.25, 0.3) is 0 Å². The molecule has 1 saturated heterocycles. The monoisotopic (exact) mass is 348 g/mol. The summed E-state index contributed by atoms with van der Waals surface area (Å²) in [6.45, 7) is 2.61. The third-order valence-corrected chi connectivity index (χ3v) is 5.45. The molecule has 2 atom stereocenters. The predicted octanol–water partition coefficient (Wildman–Crippen LogP) is 4.46. The number of ether oxygens (including phenoxy) is 2. The van der Waals surface area contributed by atoms with Gasteiger partial charge in [0.05, 0.1) is 17.6 Å². The molecule has 2 aromatic carbocycles. The van der Waals surface area contributed by atoms with Crippen LogP contribution in [0.3, 0.4) is 0 Å². The van der Waals surface area contributed by atoms with Crippen LogP contribution in [0.25, 0.3) is 22.1 Å². The topological polar surface area (TPSA) is 48.7 Å². The molecule has 3 aromatic rings. The largest absolute Gasteiger partial charge is 0.464 e. The molecular weight excluding hydrogens is 328 g/mol. The van der Waals surface area contributed by atoms with Gasteiger partial charge in [-0.3, -0.25) is 4.79 Å². The lowest BCUT2D eigenvalue weighted by Gasteiger charge is -2.36. The van der Waals surface area contributed by atoms with E-state index in [2.05, 4.69) is 0 Å². The number of aryl methyl sites for hydroxylation is 1. The molecule has 26 heavy (non-hydrogen) atoms. The maximum absolute atomic E-state index is 13.2. The van der Waals surface area contributed by atoms with Crippen molar-refractivity contribution in [3.8, 4) is 16.9 Å². The molecule has 1 fully saturated rings. The summed E-state index contributed by atoms with van der Waals surface area (Å²) in [7, 11) is 0. The molecule has 1 aromatic heterocycles. The van der Waals surface area contributed by atoms with E-state index in [0.29, 0.717) is 28.2 Å². The van der Waals surface area contributed by atoms with Crippen molar-refractivity contribution >= 4 is 11.0 Å². The van der Waals surface area contributed by atoms with Crippen LogP contribution < -0.4 is 10.2 Å². The first-order valence-corrected chi connectivity index (χ1v) is 9.15. The van der Waals surface area contributed by atoms with Crippen LogP contribution in [0.2, 0.25) is 0 Å². The Morgan fingerprint density at radius 3 is 2.77 bits per heavy atom. The van der Waals surface area contributed by atoms with E-state index in [0.717, 1.165) is 42.7 Å². The van der Waals surface area contributed by atoms with Crippen molar-refractivity contribution in [1.82, 2.24) is 0 Å². The zero-order valence-electron chi connectivity index (χ0n) is 14.7. The van der Waals surface area contributed by atoms with E-state index >= 15 is 0 Å². The summed E-state index contributed by atoms with van der Waals surface area (Å²) in [4.78, 5) is 13.2. The Kier molecular flexibility index (Phi) is 3.61. The highest BCUT2D eigenvalue weighted by Gasteiger charge is 2.35. The van der Waals surface area contributed by atoms with Gasteiger partial charge in [0.1, 0.15) is 17.1 Å². The maximum atomic E-state index is 13.2. The zero-order valence-corrected chi connectivity index (χ0v) is 14.7. The number of fused-ring (bicyclic) bond motifs is 4. The molecule has 132 valence electrons. The van der Waals surface area contributed by atoms with Crippen LogP contribution >= 0.6 is 0 Å². The fraction of sp³-hybridized carbons (Fsp3) is 0.318. The summed E-state index contributed by atoms with van der Waals surface area (Å²) < 4.78 is 18.0. The number of hydrogen-bond donors (Lipinski definition) is 0. The second-order valence-corrected chi connectivity index (χ2v) is 7.11. The molecule has 0 saturated carbocycles. The van der Waals surface area contributed by atoms with E-state index in [4.69, 9.17) is 13.9 Å². The molecule has 4 nitrogen and oxygen atoms in total. The third-order valence-electron chi connectivity index (χ3n) is 5.45. The van der Waals surface area contributed by atoms with Gasteiger partial charge in [-0.1, -0.05) is 30.3 Å². The zero-order chi connectivity index (χ0) is 17.7. The highest BCUT2D eigenvalue weighted by molar-refractivity contribution is 5.86. The van der Waals surface area contributed by atoms with Crippen molar-refractivity contribution in [2.24, 2.45) is 5.92 Å². The molecule has 2 aliphatic rings. The summed E-state index contributed by atoms with van der Waals surface area (Å²) in [5.41, 5.74) is 3.19. The van der Waals surface area contributed by atoms with E-state index < -0.39 is 0 Å². The van der Waals surface area contributed by atoms with Gasteiger partial charge in [-0.05, 0) is 43.9 Å². The first kappa shape index (κ1) is 15.6. The van der Waals surface area contributed by atoms with Crippen molar-refractivity contribution in [3.63, 3.8) is 0 Å². The molecule has 5 rings (SSSR count). The molecule has 2 unspecified atom stereocenters. The standard InChI is InChI=1S/C22H20O4/c1-13-19(14-6-3-2-4-7-14)20(23)16-9-10-18-17(21(16)25-13)12-15-8-5-11-24-22(15)26-18/h2-4,6-7,9-10,15,22H,5,8,11-12H2,1H3. The van der Waals surface area contributed by atoms with Crippen LogP contribution in [0.4, 0.5) is 0 Å². The molecule has 2 aliphatic heterocycles. The van der Waals surface area contributed by atoms with Crippen LogP contribution in [0, 0.1) is 12.8 Å². The smallest absolute Gasteiger partial charge is 0.202 e. The number of hydrogen-bond acceptors (Lipinski definition) is 4. The quantitative estimate of drug-likeness (QED) is 0.652. The van der Waals surface area contributed by atoms with Gasteiger partial charge in [-0.2, -0.15) is 0 Å². The molecule has 0 radical (unpaired) electrons. The molecule has 0 amide bonds. The summed E-state index contributed by atoms with van der Waals surface area (Å²) in [5.74, 6) is 1.74. The fourth-order valence-electron chi connectivity index (χ4n) is 4.18. The Morgan fingerprint density at radius 1 is 1.08 bits per heavy atom. The second kappa shape index (κ2) is 5.99. The molecule has 0 N–H and O–H groups in total. The van der Waals surface area contributed by atoms with Crippen molar-refractivity contribution in [3.05, 3.63) is 64.0 Å². The first-order chi connectivity index (χ1) is 12.7. The minimum absolute atomic E-state index is 0.0137. The van der Waals surface area contributed by atoms with Gasteiger partial charge in [0, 0.05) is 11.5 Å². The van der Waals surface area contributed by atoms with Crippen molar-refractivity contribution in [2.45, 2.75) is 32.5 Å². The Morgan fingerprint density at radius 2 is 1.92 bits per heavy atom. The predicted molar refractivity (Wildman–Crippen MR) is 99.5 cm³/mol. The van der Waals surface area contributed by atoms with Crippen molar-refractivity contribution in [2.75, 3.05) is 6.61 Å². The second-order valence-electron chi connectivity index (χ2n) is 7.11. The Balaban J connectivity index is 1.71. The van der Waals surface area contributed by atoms with E-state index in [1.807, 2.05) is 49.4 Å². The highest BCUT2D eigenvalue weighted by atomic mass is 16.7. The average Bonchev–Trinajstić information content (AvgIpc) is 2.67. The minimum atomic E-state index is -0.176. The summed E-state index contributed by atoms with van der Waals surface area (Å²) >= 11 is 0. The van der Waals surface area contributed by atoms with E-state index in [-0.39, 0.29) is 11.7 Å². The van der Waals surface area contributed by atoms with E-state index in [9.17, 15) is 4.79 Å². The molecule has 4 heteroatoms. The summed E-state index contributed by atoms with van der Waals surface area (Å²) in [5, 5.41) is 0.618. The molecule has 0 spiro atoms. The van der Waals surface area contributed by atoms with Crippen LogP contribution in [-0.4, -0.2) is 12.9 Å². The van der Waals surface area contributed by atoms with Gasteiger partial charge in [-0.15, -0.1) is 0 Å². The van der Waals surface area contributed by atoms with Crippen molar-refractivity contribution in [1.29, 1.82) is 0 Å². The van der Waals surface area contributed by atoms with Crippen molar-refractivity contribution < 1.29 is 13.9 Å². The van der Waals surface area contributed by atoms with Gasteiger partial charge < -0.3 is 13.9 Å². The lowest BCUT2D eigenvalue weighted by atomic mass is 9.89. The average molecular weight is 348 g/mol. The van der Waals surface area contributed by atoms with Crippen LogP contribution in [-0.2, 0) is 11.2 Å². The van der Waals surface area contributed by atoms with Crippen LogP contribution in [0.15, 0.2) is 51.7 Å². The molecule has 3 heterocycles. The molecule has 0 aliphatic carbocycles. The van der Waals surface area contributed by atoms with Crippen LogP contribution in [0.1, 0.15) is 24.2 Å². The van der Waals surface area contributed by atoms with E-state index in [1.165, 1.54) is 0 Å². The number of benzene rings is 2. The fourth-order valence-corrected chi connectivity index (χ4v) is 4.18. The lowest BCUT2D eigenvalue weighted by molar-refractivity contribution is -0.148. The molecular formula is C22H20O4. The van der Waals surface area contributed by atoms with Gasteiger partial charge in [-0.25, -0.2) is 0 Å². The Labute approximate surface area is 151 Å². The normalized spacial score (nSPS) is 21.7. The highest BCUT2D eigenvalue weighted by Crippen LogP contribution is 2.39. The number of rotatable bonds is 1. The minimum Gasteiger partial charge on any atom is -0.464 e. The van der Waals surface area contributed by atoms with Gasteiger partial charge in [0.15, 0.2) is 0 Å². The Bertz CT molecular complexity index is 1040. The summed E-state index contributed by atoms with van der Waals surface area (Å²) in [6.07, 6.45) is 2.77. The molecule has 0 bridgehead atoms. The first-order valence-electron chi connectivity index (χ1n) is 9.15. The Hall–Kier alpha value is -2.59. The maximum Gasteiger partial charge on any atom is 0.202 e. The summed E-state index contributed by atoms with van der Waals surface area (Å²) in [6, 6.07) is 13.4. The van der Waals surface area contributed by atoms with Crippen LogP contribution in [0.5, 0.6) is 5.75 Å². The third kappa shape index (κ3) is 2.36. The SMILES string of the molecule is Cc1oc2c3c(ccc2c(=O)c1-c1ccccc1)OC1OCCCC1C3. The van der Waals surface area contributed by atoms with Gasteiger partial charge >= 0.3 is 0 Å². The van der Waals surface area contributed by atoms with E-state index in [1.54, 1.807) is 0 Å². The lowest BCUT2D eigenvalue weighted by Crippen LogP contribution is -2.38.